The van der Waals surface area contributed by atoms with Crippen molar-refractivity contribution < 1.29 is 19.1 Å². The fourth-order valence-electron chi connectivity index (χ4n) is 2.08. The number of esters is 1. The lowest BCUT2D eigenvalue weighted by Gasteiger charge is -2.11. The predicted octanol–water partition coefficient (Wildman–Crippen LogP) is 3.98. The van der Waals surface area contributed by atoms with E-state index in [9.17, 15) is 14.4 Å². The molecule has 2 rings (SSSR count). The predicted molar refractivity (Wildman–Crippen MR) is 103 cm³/mol. The monoisotopic (exact) mass is 418 g/mol. The molecule has 0 radical (unpaired) electrons. The van der Waals surface area contributed by atoms with Gasteiger partial charge < -0.3 is 15.4 Å². The van der Waals surface area contributed by atoms with E-state index in [1.807, 2.05) is 6.92 Å². The smallest absolute Gasteiger partial charge is 0.340 e. The van der Waals surface area contributed by atoms with Crippen molar-refractivity contribution in [2.75, 3.05) is 17.2 Å². The van der Waals surface area contributed by atoms with Crippen LogP contribution < -0.4 is 10.6 Å². The number of hydrogen-bond acceptors (Lipinski definition) is 4. The molecule has 0 unspecified atom stereocenters. The highest BCUT2D eigenvalue weighted by Crippen LogP contribution is 2.21. The minimum absolute atomic E-state index is 0.200. The Morgan fingerprint density at radius 2 is 1.50 bits per heavy atom. The number of carbonyl (C=O) groups excluding carboxylic acids is 3. The molecular formula is C19H19BrN2O4. The van der Waals surface area contributed by atoms with Crippen molar-refractivity contribution in [1.82, 2.24) is 0 Å². The van der Waals surface area contributed by atoms with Crippen LogP contribution in [0, 0.1) is 0 Å². The number of carbonyl (C=O) groups is 3. The normalized spacial score (nSPS) is 10.1. The number of benzene rings is 2. The lowest BCUT2D eigenvalue weighted by Crippen LogP contribution is -2.30. The highest BCUT2D eigenvalue weighted by atomic mass is 79.9. The minimum atomic E-state index is -0.880. The van der Waals surface area contributed by atoms with Crippen molar-refractivity contribution >= 4 is 45.1 Å². The lowest BCUT2D eigenvalue weighted by atomic mass is 10.1. The number of ether oxygens (including phenoxy) is 1. The molecule has 136 valence electrons. The van der Waals surface area contributed by atoms with Gasteiger partial charge in [-0.15, -0.1) is 0 Å². The molecule has 2 aromatic rings. The first-order valence-electron chi connectivity index (χ1n) is 8.16. The topological polar surface area (TPSA) is 84.5 Å². The summed E-state index contributed by atoms with van der Waals surface area (Å²) in [6, 6.07) is 13.3. The molecule has 0 aliphatic carbocycles. The second-order valence-electron chi connectivity index (χ2n) is 5.42. The Balaban J connectivity index is 2.05. The number of rotatable bonds is 6. The average Bonchev–Trinajstić information content (AvgIpc) is 2.64. The maximum Gasteiger partial charge on any atom is 0.340 e. The number of amides is 2. The standard InChI is InChI=1S/C19H19BrN2O4/c1-2-3-12-26-19(25)13-8-4-6-10-15(13)21-17(23)18(24)22-16-11-7-5-9-14(16)20/h4-11H,2-3,12H2,1H3,(H,21,23)(H,22,24). The van der Waals surface area contributed by atoms with Gasteiger partial charge in [-0.2, -0.15) is 0 Å². The molecule has 0 aliphatic rings. The molecule has 2 N–H and O–H groups in total. The lowest BCUT2D eigenvalue weighted by molar-refractivity contribution is -0.133. The molecule has 0 atom stereocenters. The zero-order chi connectivity index (χ0) is 18.9. The molecule has 0 aromatic heterocycles. The first kappa shape index (κ1) is 19.7. The second-order valence-corrected chi connectivity index (χ2v) is 6.28. The van der Waals surface area contributed by atoms with E-state index in [2.05, 4.69) is 26.6 Å². The third-order valence-electron chi connectivity index (χ3n) is 3.45. The van der Waals surface area contributed by atoms with Crippen LogP contribution in [0.2, 0.25) is 0 Å². The van der Waals surface area contributed by atoms with E-state index in [0.717, 1.165) is 12.8 Å². The van der Waals surface area contributed by atoms with Crippen LogP contribution in [0.3, 0.4) is 0 Å². The Morgan fingerprint density at radius 1 is 0.923 bits per heavy atom. The molecule has 0 fully saturated rings. The third-order valence-corrected chi connectivity index (χ3v) is 4.15. The van der Waals surface area contributed by atoms with Gasteiger partial charge in [0.05, 0.1) is 23.5 Å². The highest BCUT2D eigenvalue weighted by Gasteiger charge is 2.19. The molecular weight excluding hydrogens is 400 g/mol. The zero-order valence-corrected chi connectivity index (χ0v) is 15.8. The summed E-state index contributed by atoms with van der Waals surface area (Å²) in [5, 5.41) is 4.96. The van der Waals surface area contributed by atoms with Crippen LogP contribution in [0.5, 0.6) is 0 Å². The van der Waals surface area contributed by atoms with Crippen molar-refractivity contribution in [2.45, 2.75) is 19.8 Å². The number of unbranched alkanes of at least 4 members (excludes halogenated alkanes) is 1. The van der Waals surface area contributed by atoms with Gasteiger partial charge in [-0.1, -0.05) is 37.6 Å². The van der Waals surface area contributed by atoms with Crippen molar-refractivity contribution in [3.63, 3.8) is 0 Å². The van der Waals surface area contributed by atoms with Crippen LogP contribution in [0.4, 0.5) is 11.4 Å². The van der Waals surface area contributed by atoms with Gasteiger partial charge in [0.25, 0.3) is 0 Å². The van der Waals surface area contributed by atoms with E-state index in [4.69, 9.17) is 4.74 Å². The van der Waals surface area contributed by atoms with Crippen molar-refractivity contribution in [3.05, 3.63) is 58.6 Å². The Hall–Kier alpha value is -2.67. The first-order chi connectivity index (χ1) is 12.5. The van der Waals surface area contributed by atoms with Crippen LogP contribution in [0.1, 0.15) is 30.1 Å². The Morgan fingerprint density at radius 3 is 2.15 bits per heavy atom. The van der Waals surface area contributed by atoms with Gasteiger partial charge in [0, 0.05) is 4.47 Å². The van der Waals surface area contributed by atoms with E-state index in [-0.39, 0.29) is 11.3 Å². The van der Waals surface area contributed by atoms with E-state index in [1.54, 1.807) is 42.5 Å². The molecule has 0 spiro atoms. The number of halogens is 1. The Bertz CT molecular complexity index is 808. The number of para-hydroxylation sites is 2. The molecule has 2 aromatic carbocycles. The maximum atomic E-state index is 12.2. The van der Waals surface area contributed by atoms with Crippen molar-refractivity contribution in [3.8, 4) is 0 Å². The average molecular weight is 419 g/mol. The van der Waals surface area contributed by atoms with E-state index in [1.165, 1.54) is 6.07 Å². The largest absolute Gasteiger partial charge is 0.462 e. The van der Waals surface area contributed by atoms with Crippen LogP contribution in [0.25, 0.3) is 0 Å². The molecule has 6 nitrogen and oxygen atoms in total. The number of anilines is 2. The third kappa shape index (κ3) is 5.42. The van der Waals surface area contributed by atoms with Gasteiger partial charge in [-0.05, 0) is 46.6 Å². The van der Waals surface area contributed by atoms with Gasteiger partial charge in [0.2, 0.25) is 0 Å². The molecule has 2 amide bonds. The number of nitrogens with one attached hydrogen (secondary N) is 2. The summed E-state index contributed by atoms with van der Waals surface area (Å²) in [6.45, 7) is 2.30. The molecule has 0 bridgehead atoms. The Kier molecular flexibility index (Phi) is 7.35. The van der Waals surface area contributed by atoms with Gasteiger partial charge in [0.15, 0.2) is 0 Å². The Labute approximate surface area is 160 Å². The molecule has 0 saturated heterocycles. The molecule has 0 heterocycles. The van der Waals surface area contributed by atoms with Gasteiger partial charge >= 0.3 is 17.8 Å². The SMILES string of the molecule is CCCCOC(=O)c1ccccc1NC(=O)C(=O)Nc1ccccc1Br. The van der Waals surface area contributed by atoms with Crippen molar-refractivity contribution in [1.29, 1.82) is 0 Å². The summed E-state index contributed by atoms with van der Waals surface area (Å²) in [5.41, 5.74) is 0.895. The van der Waals surface area contributed by atoms with Crippen LogP contribution in [-0.4, -0.2) is 24.4 Å². The summed E-state index contributed by atoms with van der Waals surface area (Å²) >= 11 is 3.29. The van der Waals surface area contributed by atoms with Gasteiger partial charge in [-0.25, -0.2) is 4.79 Å². The molecule has 26 heavy (non-hydrogen) atoms. The van der Waals surface area contributed by atoms with Gasteiger partial charge in [-0.3, -0.25) is 9.59 Å². The minimum Gasteiger partial charge on any atom is -0.462 e. The highest BCUT2D eigenvalue weighted by molar-refractivity contribution is 9.10. The van der Waals surface area contributed by atoms with Crippen molar-refractivity contribution in [2.24, 2.45) is 0 Å². The fourth-order valence-corrected chi connectivity index (χ4v) is 2.46. The van der Waals surface area contributed by atoms with Crippen LogP contribution >= 0.6 is 15.9 Å². The van der Waals surface area contributed by atoms with Crippen LogP contribution in [0.15, 0.2) is 53.0 Å². The molecule has 7 heteroatoms. The van der Waals surface area contributed by atoms with E-state index < -0.39 is 17.8 Å². The van der Waals surface area contributed by atoms with E-state index >= 15 is 0 Å². The fraction of sp³-hybridized carbons (Fsp3) is 0.211. The molecule has 0 saturated carbocycles. The number of hydrogen-bond donors (Lipinski definition) is 2. The summed E-state index contributed by atoms with van der Waals surface area (Å²) in [4.78, 5) is 36.4. The summed E-state index contributed by atoms with van der Waals surface area (Å²) < 4.78 is 5.82. The quantitative estimate of drug-likeness (QED) is 0.422. The molecule has 0 aliphatic heterocycles. The van der Waals surface area contributed by atoms with Gasteiger partial charge in [0.1, 0.15) is 0 Å². The summed E-state index contributed by atoms with van der Waals surface area (Å²) in [6.07, 6.45) is 1.66. The maximum absolute atomic E-state index is 12.2. The first-order valence-corrected chi connectivity index (χ1v) is 8.95. The summed E-state index contributed by atoms with van der Waals surface area (Å²) in [7, 11) is 0. The summed E-state index contributed by atoms with van der Waals surface area (Å²) in [5.74, 6) is -2.26. The van der Waals surface area contributed by atoms with E-state index in [0.29, 0.717) is 16.8 Å². The second kappa shape index (κ2) is 9.72. The van der Waals surface area contributed by atoms with Crippen LogP contribution in [-0.2, 0) is 14.3 Å². The zero-order valence-electron chi connectivity index (χ0n) is 14.3.